The maximum absolute atomic E-state index is 13.3. The number of aromatic amines is 1. The molecule has 2 aromatic heterocycles. The van der Waals surface area contributed by atoms with E-state index in [2.05, 4.69) is 19.9 Å². The van der Waals surface area contributed by atoms with E-state index in [9.17, 15) is 9.60 Å². The topological polar surface area (TPSA) is 92.1 Å². The minimum absolute atomic E-state index is 0.131. The number of benzene rings is 1. The average Bonchev–Trinajstić information content (AvgIpc) is 3.04. The van der Waals surface area contributed by atoms with Gasteiger partial charge in [0.15, 0.2) is 11.5 Å². The molecule has 4 rings (SSSR count). The Balaban J connectivity index is 1.60. The van der Waals surface area contributed by atoms with E-state index in [4.69, 9.17) is 17.0 Å². The number of pyridine rings is 1. The van der Waals surface area contributed by atoms with Crippen molar-refractivity contribution in [1.29, 1.82) is 5.41 Å². The molecule has 1 aromatic carbocycles. The normalized spacial score (nSPS) is 14.3. The zero-order chi connectivity index (χ0) is 19.0. The predicted octanol–water partition coefficient (Wildman–Crippen LogP) is 3.22. The second-order valence-corrected chi connectivity index (χ2v) is 6.85. The minimum Gasteiger partial charge on any atom is -0.340 e. The predicted molar refractivity (Wildman–Crippen MR) is 101 cm³/mol. The van der Waals surface area contributed by atoms with E-state index in [0.717, 1.165) is 37.9 Å². The van der Waals surface area contributed by atoms with Crippen LogP contribution in [0.3, 0.4) is 0 Å². The molecule has 0 bridgehead atoms. The monoisotopic (exact) mass is 388 g/mol. The van der Waals surface area contributed by atoms with Crippen molar-refractivity contribution in [2.45, 2.75) is 12.8 Å². The molecule has 0 spiro atoms. The van der Waals surface area contributed by atoms with Gasteiger partial charge in [-0.15, -0.1) is 0 Å². The van der Waals surface area contributed by atoms with E-state index in [1.54, 1.807) is 6.07 Å². The van der Waals surface area contributed by atoms with Crippen LogP contribution in [0.1, 0.15) is 17.8 Å². The van der Waals surface area contributed by atoms with Crippen LogP contribution >= 0.6 is 11.6 Å². The summed E-state index contributed by atoms with van der Waals surface area (Å²) in [7, 11) is 0. The van der Waals surface area contributed by atoms with E-state index < -0.39 is 5.82 Å². The Labute approximate surface area is 159 Å². The van der Waals surface area contributed by atoms with Gasteiger partial charge in [-0.2, -0.15) is 0 Å². The van der Waals surface area contributed by atoms with Gasteiger partial charge in [0.05, 0.1) is 16.2 Å². The summed E-state index contributed by atoms with van der Waals surface area (Å²) < 4.78 is 13.3. The standard InChI is InChI=1S/C18H18ClFN6O/c19-13-10-11(2-3-14(13)20)26(27)17(21)12-4-6-22-18-16(12)23-15(24-18)5-9-25-7-1-8-25/h2-4,6,10,21,27H,1,5,7-9H2,(H,22,23,24). The molecule has 1 aliphatic heterocycles. The molecule has 0 atom stereocenters. The maximum atomic E-state index is 13.3. The molecule has 3 heterocycles. The van der Waals surface area contributed by atoms with E-state index in [1.165, 1.54) is 24.8 Å². The minimum atomic E-state index is -0.591. The fourth-order valence-corrected chi connectivity index (χ4v) is 3.18. The van der Waals surface area contributed by atoms with Crippen LogP contribution in [0.25, 0.3) is 11.2 Å². The van der Waals surface area contributed by atoms with Crippen molar-refractivity contribution in [3.8, 4) is 0 Å². The molecular weight excluding hydrogens is 371 g/mol. The van der Waals surface area contributed by atoms with Crippen molar-refractivity contribution in [1.82, 2.24) is 19.9 Å². The van der Waals surface area contributed by atoms with Crippen LogP contribution < -0.4 is 5.06 Å². The van der Waals surface area contributed by atoms with Crippen LogP contribution in [0, 0.1) is 11.2 Å². The van der Waals surface area contributed by atoms with Crippen molar-refractivity contribution in [2.24, 2.45) is 0 Å². The first-order chi connectivity index (χ1) is 13.0. The molecule has 140 valence electrons. The lowest BCUT2D eigenvalue weighted by Gasteiger charge is -2.30. The number of amidine groups is 1. The SMILES string of the molecule is N=C(c1ccnc2nc(CCN3CCC3)[nH]c12)N(O)c1ccc(F)c(Cl)c1. The van der Waals surface area contributed by atoms with E-state index in [1.807, 2.05) is 0 Å². The molecule has 3 aromatic rings. The van der Waals surface area contributed by atoms with Gasteiger partial charge in [0.25, 0.3) is 0 Å². The third-order valence-electron chi connectivity index (χ3n) is 4.67. The van der Waals surface area contributed by atoms with Crippen molar-refractivity contribution in [2.75, 3.05) is 24.7 Å². The molecule has 3 N–H and O–H groups in total. The lowest BCUT2D eigenvalue weighted by molar-refractivity contribution is 0.183. The molecule has 7 nitrogen and oxygen atoms in total. The summed E-state index contributed by atoms with van der Waals surface area (Å²) in [4.78, 5) is 14.3. The third-order valence-corrected chi connectivity index (χ3v) is 4.96. The number of H-pyrrole nitrogens is 1. The smallest absolute Gasteiger partial charge is 0.178 e. The second kappa shape index (κ2) is 7.22. The summed E-state index contributed by atoms with van der Waals surface area (Å²) >= 11 is 5.77. The first-order valence-electron chi connectivity index (χ1n) is 8.62. The van der Waals surface area contributed by atoms with Gasteiger partial charge in [-0.05, 0) is 43.8 Å². The van der Waals surface area contributed by atoms with Crippen LogP contribution in [0.5, 0.6) is 0 Å². The number of likely N-dealkylation sites (tertiary alicyclic amines) is 1. The second-order valence-electron chi connectivity index (χ2n) is 6.44. The molecular formula is C18H18ClFN6O. The number of hydrogen-bond acceptors (Lipinski definition) is 5. The van der Waals surface area contributed by atoms with Gasteiger partial charge in [0, 0.05) is 24.7 Å². The highest BCUT2D eigenvalue weighted by Crippen LogP contribution is 2.24. The Bertz CT molecular complexity index is 1000. The molecule has 9 heteroatoms. The number of fused-ring (bicyclic) bond motifs is 1. The number of rotatable bonds is 5. The Morgan fingerprint density at radius 3 is 2.89 bits per heavy atom. The molecule has 1 aliphatic rings. The Hall–Kier alpha value is -2.55. The first kappa shape index (κ1) is 17.8. The van der Waals surface area contributed by atoms with Gasteiger partial charge >= 0.3 is 0 Å². The van der Waals surface area contributed by atoms with Gasteiger partial charge < -0.3 is 9.88 Å². The molecule has 0 unspecified atom stereocenters. The van der Waals surface area contributed by atoms with Gasteiger partial charge in [0.1, 0.15) is 11.6 Å². The Kier molecular flexibility index (Phi) is 4.77. The molecule has 0 radical (unpaired) electrons. The highest BCUT2D eigenvalue weighted by atomic mass is 35.5. The molecule has 1 saturated heterocycles. The van der Waals surface area contributed by atoms with E-state index in [-0.39, 0.29) is 16.5 Å². The summed E-state index contributed by atoms with van der Waals surface area (Å²) in [6.07, 6.45) is 3.54. The molecule has 27 heavy (non-hydrogen) atoms. The molecule has 0 saturated carbocycles. The lowest BCUT2D eigenvalue weighted by Crippen LogP contribution is -2.38. The largest absolute Gasteiger partial charge is 0.340 e. The summed E-state index contributed by atoms with van der Waals surface area (Å²) in [5.41, 5.74) is 1.69. The van der Waals surface area contributed by atoms with Crippen molar-refractivity contribution in [3.05, 3.63) is 52.7 Å². The quantitative estimate of drug-likeness (QED) is 0.354. The van der Waals surface area contributed by atoms with E-state index >= 15 is 0 Å². The number of aromatic nitrogens is 3. The number of hydrogen-bond donors (Lipinski definition) is 3. The van der Waals surface area contributed by atoms with Crippen LogP contribution in [0.2, 0.25) is 5.02 Å². The Morgan fingerprint density at radius 2 is 2.19 bits per heavy atom. The number of halogens is 2. The van der Waals surface area contributed by atoms with Gasteiger partial charge in [-0.3, -0.25) is 10.6 Å². The van der Waals surface area contributed by atoms with Crippen molar-refractivity contribution in [3.63, 3.8) is 0 Å². The summed E-state index contributed by atoms with van der Waals surface area (Å²) in [5.74, 6) is 0.00838. The van der Waals surface area contributed by atoms with Gasteiger partial charge in [-0.1, -0.05) is 11.6 Å². The van der Waals surface area contributed by atoms with Crippen LogP contribution in [0.15, 0.2) is 30.5 Å². The van der Waals surface area contributed by atoms with Crippen LogP contribution in [0.4, 0.5) is 10.1 Å². The summed E-state index contributed by atoms with van der Waals surface area (Å²) in [5, 5.41) is 19.3. The number of imidazole rings is 1. The number of hydroxylamine groups is 1. The fourth-order valence-electron chi connectivity index (χ4n) is 3.00. The van der Waals surface area contributed by atoms with Crippen LogP contribution in [-0.4, -0.2) is 50.5 Å². The average molecular weight is 389 g/mol. The van der Waals surface area contributed by atoms with Crippen molar-refractivity contribution >= 4 is 34.3 Å². The van der Waals surface area contributed by atoms with Gasteiger partial charge in [0.2, 0.25) is 0 Å². The number of nitrogens with one attached hydrogen (secondary N) is 2. The van der Waals surface area contributed by atoms with Crippen LogP contribution in [-0.2, 0) is 6.42 Å². The lowest BCUT2D eigenvalue weighted by atomic mass is 10.2. The Morgan fingerprint density at radius 1 is 1.37 bits per heavy atom. The molecule has 0 amide bonds. The summed E-state index contributed by atoms with van der Waals surface area (Å²) in [6.45, 7) is 3.16. The summed E-state index contributed by atoms with van der Waals surface area (Å²) in [6, 6.07) is 5.37. The maximum Gasteiger partial charge on any atom is 0.178 e. The fraction of sp³-hybridized carbons (Fsp3) is 0.278. The zero-order valence-electron chi connectivity index (χ0n) is 14.4. The third kappa shape index (κ3) is 3.51. The first-order valence-corrected chi connectivity index (χ1v) is 8.99. The highest BCUT2D eigenvalue weighted by Gasteiger charge is 2.19. The molecule has 1 fully saturated rings. The van der Waals surface area contributed by atoms with Crippen molar-refractivity contribution < 1.29 is 9.60 Å². The molecule has 0 aliphatic carbocycles. The van der Waals surface area contributed by atoms with Gasteiger partial charge in [-0.25, -0.2) is 19.4 Å². The number of anilines is 1. The number of nitrogens with zero attached hydrogens (tertiary/aromatic N) is 4. The van der Waals surface area contributed by atoms with E-state index in [0.29, 0.717) is 21.8 Å². The zero-order valence-corrected chi connectivity index (χ0v) is 15.2. The highest BCUT2D eigenvalue weighted by molar-refractivity contribution is 6.31.